The predicted molar refractivity (Wildman–Crippen MR) is 78.1 cm³/mol. The van der Waals surface area contributed by atoms with Crippen LogP contribution in [0.3, 0.4) is 0 Å². The molecule has 1 aromatic carbocycles. The lowest BCUT2D eigenvalue weighted by Crippen LogP contribution is -2.34. The minimum atomic E-state index is -4.42. The van der Waals surface area contributed by atoms with E-state index in [1.165, 1.54) is 17.8 Å². The molecule has 0 aliphatic rings. The first-order valence-electron chi connectivity index (χ1n) is 6.77. The summed E-state index contributed by atoms with van der Waals surface area (Å²) in [5, 5.41) is 0. The molecule has 0 radical (unpaired) electrons. The van der Waals surface area contributed by atoms with Crippen LogP contribution >= 0.6 is 0 Å². The van der Waals surface area contributed by atoms with Crippen molar-refractivity contribution >= 4 is 5.82 Å². The Bertz CT molecular complexity index is 574. The maximum atomic E-state index is 12.6. The van der Waals surface area contributed by atoms with Crippen LogP contribution in [0.15, 0.2) is 42.6 Å². The molecule has 0 spiro atoms. The molecule has 2 nitrogen and oxygen atoms in total. The van der Waals surface area contributed by atoms with Gasteiger partial charge in [0.2, 0.25) is 0 Å². The van der Waals surface area contributed by atoms with Crippen molar-refractivity contribution in [3.05, 3.63) is 48.2 Å². The highest BCUT2D eigenvalue weighted by Crippen LogP contribution is 2.27. The van der Waals surface area contributed by atoms with Gasteiger partial charge in [0.25, 0.3) is 0 Å². The SMILES string of the molecule is CCCc1ccc(-c2ccc(N(C)C(F)(F)F)nc2)cc1. The van der Waals surface area contributed by atoms with Gasteiger partial charge in [-0.3, -0.25) is 4.90 Å². The molecule has 0 N–H and O–H groups in total. The smallest absolute Gasteiger partial charge is 0.271 e. The van der Waals surface area contributed by atoms with Crippen molar-refractivity contribution in [1.29, 1.82) is 0 Å². The number of nitrogens with zero attached hydrogens (tertiary/aromatic N) is 2. The number of benzene rings is 1. The molecular weight excluding hydrogens is 277 g/mol. The van der Waals surface area contributed by atoms with Crippen molar-refractivity contribution < 1.29 is 13.2 Å². The van der Waals surface area contributed by atoms with Crippen LogP contribution in [0, 0.1) is 0 Å². The second-order valence-electron chi connectivity index (χ2n) is 4.88. The van der Waals surface area contributed by atoms with Crippen LogP contribution in [0.5, 0.6) is 0 Å². The fraction of sp³-hybridized carbons (Fsp3) is 0.312. The lowest BCUT2D eigenvalue weighted by molar-refractivity contribution is -0.126. The molecule has 0 saturated carbocycles. The summed E-state index contributed by atoms with van der Waals surface area (Å²) in [6.07, 6.45) is -0.851. The fourth-order valence-corrected chi connectivity index (χ4v) is 2.04. The Kier molecular flexibility index (Phi) is 4.50. The number of pyridine rings is 1. The average Bonchev–Trinajstić information content (AvgIpc) is 2.47. The number of aryl methyl sites for hydroxylation is 1. The molecule has 1 heterocycles. The summed E-state index contributed by atoms with van der Waals surface area (Å²) in [5.41, 5.74) is 3.00. The van der Waals surface area contributed by atoms with E-state index in [2.05, 4.69) is 11.9 Å². The number of aromatic nitrogens is 1. The number of halogens is 3. The van der Waals surface area contributed by atoms with Crippen molar-refractivity contribution in [3.63, 3.8) is 0 Å². The van der Waals surface area contributed by atoms with Gasteiger partial charge < -0.3 is 0 Å². The maximum Gasteiger partial charge on any atom is 0.485 e. The van der Waals surface area contributed by atoms with Gasteiger partial charge in [0.15, 0.2) is 0 Å². The highest BCUT2D eigenvalue weighted by molar-refractivity contribution is 5.64. The second-order valence-corrected chi connectivity index (χ2v) is 4.88. The zero-order valence-corrected chi connectivity index (χ0v) is 12.0. The van der Waals surface area contributed by atoms with Gasteiger partial charge in [0, 0.05) is 18.8 Å². The highest BCUT2D eigenvalue weighted by Gasteiger charge is 2.35. The zero-order chi connectivity index (χ0) is 15.5. The Labute approximate surface area is 122 Å². The van der Waals surface area contributed by atoms with Crippen LogP contribution in [-0.4, -0.2) is 18.3 Å². The van der Waals surface area contributed by atoms with E-state index in [9.17, 15) is 13.2 Å². The molecule has 0 aliphatic heterocycles. The van der Waals surface area contributed by atoms with Crippen LogP contribution in [0.4, 0.5) is 19.0 Å². The lowest BCUT2D eigenvalue weighted by Gasteiger charge is -2.20. The molecule has 2 rings (SSSR count). The third-order valence-corrected chi connectivity index (χ3v) is 3.30. The van der Waals surface area contributed by atoms with E-state index in [0.29, 0.717) is 0 Å². The van der Waals surface area contributed by atoms with Gasteiger partial charge in [0.05, 0.1) is 0 Å². The quantitative estimate of drug-likeness (QED) is 0.763. The third kappa shape index (κ3) is 3.74. The first kappa shape index (κ1) is 15.4. The van der Waals surface area contributed by atoms with E-state index in [0.717, 1.165) is 31.0 Å². The minimum Gasteiger partial charge on any atom is -0.271 e. The van der Waals surface area contributed by atoms with Gasteiger partial charge in [-0.25, -0.2) is 4.98 Å². The number of hydrogen-bond donors (Lipinski definition) is 0. The Hall–Kier alpha value is -2.04. The number of alkyl halides is 3. The van der Waals surface area contributed by atoms with Gasteiger partial charge >= 0.3 is 6.30 Å². The summed E-state index contributed by atoms with van der Waals surface area (Å²) in [4.78, 5) is 4.08. The van der Waals surface area contributed by atoms with E-state index in [1.807, 2.05) is 24.3 Å². The summed E-state index contributed by atoms with van der Waals surface area (Å²) in [6, 6.07) is 11.0. The summed E-state index contributed by atoms with van der Waals surface area (Å²) in [6.45, 7) is 2.12. The van der Waals surface area contributed by atoms with Gasteiger partial charge in [-0.1, -0.05) is 37.6 Å². The van der Waals surface area contributed by atoms with Crippen LogP contribution in [0.25, 0.3) is 11.1 Å². The van der Waals surface area contributed by atoms with Gasteiger partial charge in [-0.05, 0) is 29.7 Å². The molecule has 2 aromatic rings. The molecule has 0 saturated heterocycles. The molecule has 0 aliphatic carbocycles. The van der Waals surface area contributed by atoms with Crippen LogP contribution < -0.4 is 4.90 Å². The van der Waals surface area contributed by atoms with Crippen LogP contribution in [0.1, 0.15) is 18.9 Å². The Morgan fingerprint density at radius 2 is 1.62 bits per heavy atom. The highest BCUT2D eigenvalue weighted by atomic mass is 19.4. The van der Waals surface area contributed by atoms with E-state index in [-0.39, 0.29) is 10.7 Å². The van der Waals surface area contributed by atoms with E-state index < -0.39 is 6.30 Å². The Morgan fingerprint density at radius 1 is 1.00 bits per heavy atom. The minimum absolute atomic E-state index is 0.117. The van der Waals surface area contributed by atoms with Crippen molar-refractivity contribution in [2.75, 3.05) is 11.9 Å². The van der Waals surface area contributed by atoms with Gasteiger partial charge in [-0.2, -0.15) is 13.2 Å². The Morgan fingerprint density at radius 3 is 2.10 bits per heavy atom. The molecule has 0 amide bonds. The molecule has 21 heavy (non-hydrogen) atoms. The first-order chi connectivity index (χ1) is 9.91. The van der Waals surface area contributed by atoms with Crippen molar-refractivity contribution in [2.45, 2.75) is 26.1 Å². The second kappa shape index (κ2) is 6.16. The molecule has 0 bridgehead atoms. The van der Waals surface area contributed by atoms with Crippen molar-refractivity contribution in [3.8, 4) is 11.1 Å². The molecule has 0 fully saturated rings. The monoisotopic (exact) mass is 294 g/mol. The van der Waals surface area contributed by atoms with Crippen LogP contribution in [0.2, 0.25) is 0 Å². The number of rotatable bonds is 4. The molecule has 0 unspecified atom stereocenters. The fourth-order valence-electron chi connectivity index (χ4n) is 2.04. The molecular formula is C16H17F3N2. The standard InChI is InChI=1S/C16H17F3N2/c1-3-4-12-5-7-13(8-6-12)14-9-10-15(20-11-14)21(2)16(17,18)19/h5-11H,3-4H2,1-2H3. The van der Waals surface area contributed by atoms with E-state index in [4.69, 9.17) is 0 Å². The zero-order valence-electron chi connectivity index (χ0n) is 12.0. The lowest BCUT2D eigenvalue weighted by atomic mass is 10.0. The summed E-state index contributed by atoms with van der Waals surface area (Å²) >= 11 is 0. The van der Waals surface area contributed by atoms with Crippen molar-refractivity contribution in [1.82, 2.24) is 4.98 Å². The number of anilines is 1. The summed E-state index contributed by atoms with van der Waals surface area (Å²) in [5.74, 6) is -0.117. The van der Waals surface area contributed by atoms with E-state index in [1.54, 1.807) is 6.07 Å². The molecule has 1 aromatic heterocycles. The molecule has 5 heteroatoms. The topological polar surface area (TPSA) is 16.1 Å². The summed E-state index contributed by atoms with van der Waals surface area (Å²) in [7, 11) is 0.960. The van der Waals surface area contributed by atoms with Crippen molar-refractivity contribution in [2.24, 2.45) is 0 Å². The van der Waals surface area contributed by atoms with E-state index >= 15 is 0 Å². The maximum absolute atomic E-state index is 12.6. The predicted octanol–water partition coefficient (Wildman–Crippen LogP) is 4.66. The first-order valence-corrected chi connectivity index (χ1v) is 6.77. The third-order valence-electron chi connectivity index (χ3n) is 3.30. The Balaban J connectivity index is 2.19. The normalized spacial score (nSPS) is 11.5. The summed E-state index contributed by atoms with van der Waals surface area (Å²) < 4.78 is 37.7. The molecule has 0 atom stereocenters. The van der Waals surface area contributed by atoms with Gasteiger partial charge in [0.1, 0.15) is 5.82 Å². The molecule has 112 valence electrons. The largest absolute Gasteiger partial charge is 0.485 e. The van der Waals surface area contributed by atoms with Gasteiger partial charge in [-0.15, -0.1) is 0 Å². The van der Waals surface area contributed by atoms with Crippen LogP contribution in [-0.2, 0) is 6.42 Å². The average molecular weight is 294 g/mol. The number of hydrogen-bond acceptors (Lipinski definition) is 2.